The monoisotopic (exact) mass is 227 g/mol. The van der Waals surface area contributed by atoms with Crippen molar-refractivity contribution in [3.8, 4) is 0 Å². The molecular formula is C6H12IO. The molecule has 1 nitrogen and oxygen atoms in total. The minimum absolute atomic E-state index is 0.349. The molecule has 0 aromatic carbocycles. The van der Waals surface area contributed by atoms with Gasteiger partial charge in [0.05, 0.1) is 6.10 Å². The molecule has 0 aromatic heterocycles. The standard InChI is InChI=1S/C6H12IO/c1-6(8)4-2-3-5-7/h6H,2-5H2,1H3. The highest BCUT2D eigenvalue weighted by molar-refractivity contribution is 14.1. The first kappa shape index (κ1) is 8.69. The van der Waals surface area contributed by atoms with E-state index in [-0.39, 0.29) is 6.10 Å². The fraction of sp³-hybridized carbons (Fsp3) is 1.00. The van der Waals surface area contributed by atoms with Gasteiger partial charge in [0, 0.05) is 0 Å². The lowest BCUT2D eigenvalue weighted by Gasteiger charge is -1.97. The largest absolute Gasteiger partial charge is 0.233 e. The van der Waals surface area contributed by atoms with Crippen LogP contribution in [-0.2, 0) is 5.11 Å². The molecule has 0 fully saturated rings. The molecule has 0 heterocycles. The predicted molar refractivity (Wildman–Crippen MR) is 42.9 cm³/mol. The van der Waals surface area contributed by atoms with Crippen LogP contribution in [0.1, 0.15) is 26.2 Å². The van der Waals surface area contributed by atoms with E-state index in [0.29, 0.717) is 0 Å². The molecule has 1 radical (unpaired) electrons. The van der Waals surface area contributed by atoms with Crippen LogP contribution < -0.4 is 0 Å². The lowest BCUT2D eigenvalue weighted by atomic mass is 10.2. The minimum atomic E-state index is -0.349. The molecule has 0 saturated heterocycles. The molecule has 0 N–H and O–H groups in total. The summed E-state index contributed by atoms with van der Waals surface area (Å²) in [7, 11) is 0. The summed E-state index contributed by atoms with van der Waals surface area (Å²) >= 11 is 2.33. The van der Waals surface area contributed by atoms with Gasteiger partial charge in [0.15, 0.2) is 0 Å². The van der Waals surface area contributed by atoms with Gasteiger partial charge >= 0.3 is 0 Å². The Bertz CT molecular complexity index is 45.8. The van der Waals surface area contributed by atoms with Gasteiger partial charge in [0.25, 0.3) is 0 Å². The fourth-order valence-electron chi connectivity index (χ4n) is 0.526. The Hall–Kier alpha value is 0.690. The Labute approximate surface area is 64.6 Å². The van der Waals surface area contributed by atoms with Crippen LogP contribution in [0.2, 0.25) is 0 Å². The Kier molecular flexibility index (Phi) is 6.32. The molecule has 0 amide bonds. The van der Waals surface area contributed by atoms with E-state index in [1.807, 2.05) is 0 Å². The van der Waals surface area contributed by atoms with Gasteiger partial charge in [-0.05, 0) is 30.6 Å². The molecule has 0 aliphatic heterocycles. The third kappa shape index (κ3) is 6.69. The zero-order valence-electron chi connectivity index (χ0n) is 5.19. The van der Waals surface area contributed by atoms with Crippen LogP contribution in [0.5, 0.6) is 0 Å². The van der Waals surface area contributed by atoms with Crippen molar-refractivity contribution in [2.24, 2.45) is 0 Å². The van der Waals surface area contributed by atoms with Gasteiger partial charge in [-0.25, -0.2) is 5.11 Å². The smallest absolute Gasteiger partial charge is 0.0902 e. The molecule has 0 spiro atoms. The van der Waals surface area contributed by atoms with E-state index in [1.165, 1.54) is 10.8 Å². The summed E-state index contributed by atoms with van der Waals surface area (Å²) in [6.07, 6.45) is 2.81. The van der Waals surface area contributed by atoms with Gasteiger partial charge in [-0.1, -0.05) is 22.6 Å². The number of hydrogen-bond donors (Lipinski definition) is 0. The topological polar surface area (TPSA) is 19.9 Å². The average molecular weight is 227 g/mol. The molecule has 2 heteroatoms. The molecule has 1 atom stereocenters. The Balaban J connectivity index is 2.72. The number of alkyl halides is 1. The van der Waals surface area contributed by atoms with Crippen molar-refractivity contribution in [2.45, 2.75) is 32.3 Å². The van der Waals surface area contributed by atoms with E-state index in [0.717, 1.165) is 12.8 Å². The van der Waals surface area contributed by atoms with E-state index >= 15 is 0 Å². The maximum Gasteiger partial charge on any atom is 0.0902 e. The number of hydrogen-bond acceptors (Lipinski definition) is 0. The van der Waals surface area contributed by atoms with Crippen molar-refractivity contribution < 1.29 is 5.11 Å². The Morgan fingerprint density at radius 1 is 1.50 bits per heavy atom. The SMILES string of the molecule is CC([O])CCCCI. The maximum atomic E-state index is 10.4. The fourth-order valence-corrected chi connectivity index (χ4v) is 1.07. The summed E-state index contributed by atoms with van der Waals surface area (Å²) in [5, 5.41) is 10.4. The first-order valence-electron chi connectivity index (χ1n) is 2.99. The van der Waals surface area contributed by atoms with E-state index in [9.17, 15) is 5.11 Å². The van der Waals surface area contributed by atoms with Crippen LogP contribution in [0.25, 0.3) is 0 Å². The first-order chi connectivity index (χ1) is 3.77. The highest BCUT2D eigenvalue weighted by atomic mass is 127. The maximum absolute atomic E-state index is 10.4. The van der Waals surface area contributed by atoms with E-state index in [2.05, 4.69) is 22.6 Å². The van der Waals surface area contributed by atoms with Gasteiger partial charge < -0.3 is 0 Å². The minimum Gasteiger partial charge on any atom is -0.233 e. The quantitative estimate of drug-likeness (QED) is 0.399. The predicted octanol–water partition coefficient (Wildman–Crippen LogP) is 2.41. The molecule has 0 rings (SSSR count). The second-order valence-electron chi connectivity index (χ2n) is 2.00. The van der Waals surface area contributed by atoms with Crippen LogP contribution in [0, 0.1) is 0 Å². The van der Waals surface area contributed by atoms with Crippen molar-refractivity contribution in [1.82, 2.24) is 0 Å². The summed E-state index contributed by atoms with van der Waals surface area (Å²) in [4.78, 5) is 0. The van der Waals surface area contributed by atoms with Crippen LogP contribution in [-0.4, -0.2) is 10.5 Å². The molecule has 0 aliphatic rings. The van der Waals surface area contributed by atoms with Gasteiger partial charge in [0.1, 0.15) is 0 Å². The zero-order chi connectivity index (χ0) is 6.41. The number of halogens is 1. The van der Waals surface area contributed by atoms with Crippen LogP contribution in [0.3, 0.4) is 0 Å². The van der Waals surface area contributed by atoms with Gasteiger partial charge in [-0.2, -0.15) is 0 Å². The van der Waals surface area contributed by atoms with Crippen molar-refractivity contribution in [3.63, 3.8) is 0 Å². The lowest BCUT2D eigenvalue weighted by Crippen LogP contribution is -1.95. The average Bonchev–Trinajstić information content (AvgIpc) is 1.66. The second kappa shape index (κ2) is 5.82. The molecule has 0 aliphatic carbocycles. The zero-order valence-corrected chi connectivity index (χ0v) is 7.35. The van der Waals surface area contributed by atoms with E-state index in [4.69, 9.17) is 0 Å². The van der Waals surface area contributed by atoms with Gasteiger partial charge in [-0.15, -0.1) is 0 Å². The van der Waals surface area contributed by atoms with Gasteiger partial charge in [0.2, 0.25) is 0 Å². The molecule has 0 aromatic rings. The van der Waals surface area contributed by atoms with Crippen molar-refractivity contribution in [1.29, 1.82) is 0 Å². The van der Waals surface area contributed by atoms with Crippen molar-refractivity contribution in [3.05, 3.63) is 0 Å². The van der Waals surface area contributed by atoms with Crippen LogP contribution >= 0.6 is 22.6 Å². The summed E-state index contributed by atoms with van der Waals surface area (Å²) in [6, 6.07) is 0. The summed E-state index contributed by atoms with van der Waals surface area (Å²) in [6.45, 7) is 1.73. The van der Waals surface area contributed by atoms with E-state index < -0.39 is 0 Å². The molecule has 49 valence electrons. The highest BCUT2D eigenvalue weighted by Crippen LogP contribution is 2.01. The third-order valence-corrected chi connectivity index (χ3v) is 1.76. The number of rotatable bonds is 4. The number of unbranched alkanes of at least 4 members (excludes halogenated alkanes) is 1. The van der Waals surface area contributed by atoms with Crippen LogP contribution in [0.4, 0.5) is 0 Å². The second-order valence-corrected chi connectivity index (χ2v) is 3.07. The summed E-state index contributed by atoms with van der Waals surface area (Å²) in [5.41, 5.74) is 0. The Morgan fingerprint density at radius 3 is 2.50 bits per heavy atom. The molecule has 1 unspecified atom stereocenters. The van der Waals surface area contributed by atoms with E-state index in [1.54, 1.807) is 6.92 Å². The Morgan fingerprint density at radius 2 is 2.12 bits per heavy atom. The summed E-state index contributed by atoms with van der Waals surface area (Å²) in [5.74, 6) is 0. The lowest BCUT2D eigenvalue weighted by molar-refractivity contribution is 0.0957. The van der Waals surface area contributed by atoms with Gasteiger partial charge in [-0.3, -0.25) is 0 Å². The molecule has 0 bridgehead atoms. The van der Waals surface area contributed by atoms with Crippen LogP contribution in [0.15, 0.2) is 0 Å². The normalized spacial score (nSPS) is 13.9. The highest BCUT2D eigenvalue weighted by Gasteiger charge is 1.94. The molecule has 8 heavy (non-hydrogen) atoms. The van der Waals surface area contributed by atoms with Crippen molar-refractivity contribution in [2.75, 3.05) is 4.43 Å². The van der Waals surface area contributed by atoms with Crippen molar-refractivity contribution >= 4 is 22.6 Å². The first-order valence-corrected chi connectivity index (χ1v) is 4.51. The third-order valence-electron chi connectivity index (χ3n) is 0.994. The molecule has 0 saturated carbocycles. The molecular weight excluding hydrogens is 215 g/mol. The summed E-state index contributed by atoms with van der Waals surface area (Å²) < 4.78 is 1.18.